The Labute approximate surface area is 179 Å². The number of benzene rings is 1. The third-order valence-corrected chi connectivity index (χ3v) is 5.67. The fourth-order valence-corrected chi connectivity index (χ4v) is 4.10. The molecule has 0 bridgehead atoms. The first-order valence-corrected chi connectivity index (χ1v) is 10.3. The number of para-hydroxylation sites is 1. The highest BCUT2D eigenvalue weighted by Crippen LogP contribution is 2.37. The number of nitrogens with one attached hydrogen (secondary N) is 1. The summed E-state index contributed by atoms with van der Waals surface area (Å²) in [6.07, 6.45) is 3.25. The number of nitrogen functional groups attached to an aromatic ring is 1. The number of amides is 2. The number of anilines is 3. The van der Waals surface area contributed by atoms with Gasteiger partial charge < -0.3 is 15.8 Å². The number of nitrogens with two attached hydrogens (primary N) is 1. The Balaban J connectivity index is 1.37. The number of hydrogen-bond donors (Lipinski definition) is 2. The summed E-state index contributed by atoms with van der Waals surface area (Å²) >= 11 is 0. The molecule has 1 aromatic carbocycles. The molecule has 4 rings (SSSR count). The average Bonchev–Trinajstić information content (AvgIpc) is 2.99. The number of nitrogens with zero attached hydrogens (tertiary/aromatic N) is 4. The van der Waals surface area contributed by atoms with Gasteiger partial charge in [0, 0.05) is 5.69 Å². The van der Waals surface area contributed by atoms with Gasteiger partial charge >= 0.3 is 5.97 Å². The molecule has 1 saturated heterocycles. The molecular formula is C21H24N6O4. The largest absolute Gasteiger partial charge is 0.456 e. The zero-order valence-electron chi connectivity index (χ0n) is 17.2. The van der Waals surface area contributed by atoms with E-state index in [0.717, 1.165) is 29.0 Å². The second-order valence-electron chi connectivity index (χ2n) is 7.79. The lowest BCUT2D eigenvalue weighted by Gasteiger charge is -2.19. The molecule has 2 amide bonds. The van der Waals surface area contributed by atoms with Gasteiger partial charge in [-0.05, 0) is 31.4 Å². The first-order valence-electron chi connectivity index (χ1n) is 10.3. The topological polar surface area (TPSA) is 140 Å². The van der Waals surface area contributed by atoms with E-state index in [2.05, 4.69) is 20.3 Å². The summed E-state index contributed by atoms with van der Waals surface area (Å²) in [5, 5.41) is 3.06. The van der Waals surface area contributed by atoms with Crippen molar-refractivity contribution in [1.29, 1.82) is 0 Å². The fraction of sp³-hybridized carbons (Fsp3) is 0.429. The van der Waals surface area contributed by atoms with E-state index in [-0.39, 0.29) is 48.0 Å². The van der Waals surface area contributed by atoms with Crippen LogP contribution in [-0.2, 0) is 25.7 Å². The lowest BCUT2D eigenvalue weighted by atomic mass is 9.81. The lowest BCUT2D eigenvalue weighted by Crippen LogP contribution is -2.36. The Morgan fingerprint density at radius 1 is 1.13 bits per heavy atom. The fourth-order valence-electron chi connectivity index (χ4n) is 4.10. The number of rotatable bonds is 6. The second-order valence-corrected chi connectivity index (χ2v) is 7.79. The summed E-state index contributed by atoms with van der Waals surface area (Å²) in [5.74, 6) is -1.49. The predicted molar refractivity (Wildman–Crippen MR) is 111 cm³/mol. The minimum Gasteiger partial charge on any atom is -0.456 e. The maximum Gasteiger partial charge on any atom is 0.326 e. The molecule has 2 fully saturated rings. The second kappa shape index (κ2) is 8.66. The van der Waals surface area contributed by atoms with Crippen LogP contribution in [0, 0.1) is 18.8 Å². The van der Waals surface area contributed by atoms with Gasteiger partial charge in [0.1, 0.15) is 6.54 Å². The van der Waals surface area contributed by atoms with Crippen LogP contribution in [0.2, 0.25) is 0 Å². The first-order chi connectivity index (χ1) is 14.9. The van der Waals surface area contributed by atoms with Crippen LogP contribution in [0.3, 0.4) is 0 Å². The number of imide groups is 1. The van der Waals surface area contributed by atoms with E-state index in [4.69, 9.17) is 10.5 Å². The van der Waals surface area contributed by atoms with Crippen LogP contribution in [0.5, 0.6) is 0 Å². The highest BCUT2D eigenvalue weighted by Gasteiger charge is 2.48. The van der Waals surface area contributed by atoms with E-state index in [1.54, 1.807) is 0 Å². The molecule has 10 nitrogen and oxygen atoms in total. The van der Waals surface area contributed by atoms with Gasteiger partial charge in [-0.3, -0.25) is 19.3 Å². The molecule has 0 spiro atoms. The van der Waals surface area contributed by atoms with Gasteiger partial charge in [-0.15, -0.1) is 0 Å². The third kappa shape index (κ3) is 4.47. The molecule has 2 aromatic rings. The van der Waals surface area contributed by atoms with E-state index in [1.807, 2.05) is 31.2 Å². The summed E-state index contributed by atoms with van der Waals surface area (Å²) in [6.45, 7) is 1.28. The maximum absolute atomic E-state index is 12.5. The van der Waals surface area contributed by atoms with Crippen LogP contribution in [-0.4, -0.2) is 44.2 Å². The minimum absolute atomic E-state index is 0.0221. The Kier molecular flexibility index (Phi) is 5.79. The number of esters is 1. The molecule has 0 unspecified atom stereocenters. The van der Waals surface area contributed by atoms with Crippen LogP contribution >= 0.6 is 0 Å². The molecule has 0 radical (unpaired) electrons. The highest BCUT2D eigenvalue weighted by molar-refractivity contribution is 6.07. The number of aromatic nitrogens is 3. The number of carbonyl (C=O) groups is 3. The van der Waals surface area contributed by atoms with Gasteiger partial charge in [0.05, 0.1) is 11.8 Å². The van der Waals surface area contributed by atoms with Crippen molar-refractivity contribution in [1.82, 2.24) is 19.9 Å². The van der Waals surface area contributed by atoms with E-state index >= 15 is 0 Å². The van der Waals surface area contributed by atoms with Crippen molar-refractivity contribution in [3.8, 4) is 0 Å². The number of likely N-dealkylation sites (tertiary alicyclic amines) is 1. The molecule has 2 heterocycles. The van der Waals surface area contributed by atoms with Gasteiger partial charge in [-0.2, -0.15) is 15.0 Å². The first kappa shape index (κ1) is 20.7. The summed E-state index contributed by atoms with van der Waals surface area (Å²) < 4.78 is 5.20. The van der Waals surface area contributed by atoms with Crippen LogP contribution in [0.1, 0.15) is 37.1 Å². The Morgan fingerprint density at radius 3 is 2.48 bits per heavy atom. The molecule has 162 valence electrons. The summed E-state index contributed by atoms with van der Waals surface area (Å²) in [4.78, 5) is 50.5. The number of carbonyl (C=O) groups excluding carboxylic acids is 3. The van der Waals surface area contributed by atoms with E-state index in [0.29, 0.717) is 12.8 Å². The Bertz CT molecular complexity index is 1000. The van der Waals surface area contributed by atoms with Crippen LogP contribution in [0.25, 0.3) is 0 Å². The Hall–Kier alpha value is -3.56. The number of aryl methyl sites for hydroxylation is 1. The van der Waals surface area contributed by atoms with Gasteiger partial charge in [-0.25, -0.2) is 0 Å². The lowest BCUT2D eigenvalue weighted by molar-refractivity contribution is -0.154. The summed E-state index contributed by atoms with van der Waals surface area (Å²) in [6, 6.07) is 7.60. The molecule has 1 aliphatic carbocycles. The molecule has 1 saturated carbocycles. The van der Waals surface area contributed by atoms with Crippen molar-refractivity contribution in [2.24, 2.45) is 11.8 Å². The number of fused-ring (bicyclic) bond motifs is 1. The van der Waals surface area contributed by atoms with Crippen molar-refractivity contribution in [2.45, 2.75) is 39.2 Å². The molecule has 1 aromatic heterocycles. The Morgan fingerprint density at radius 2 is 1.81 bits per heavy atom. The molecule has 2 atom stereocenters. The van der Waals surface area contributed by atoms with Gasteiger partial charge in [0.15, 0.2) is 12.4 Å². The van der Waals surface area contributed by atoms with E-state index < -0.39 is 12.5 Å². The monoisotopic (exact) mass is 424 g/mol. The molecule has 2 aliphatic rings. The van der Waals surface area contributed by atoms with Crippen molar-refractivity contribution in [2.75, 3.05) is 17.6 Å². The van der Waals surface area contributed by atoms with Crippen LogP contribution in [0.4, 0.5) is 17.6 Å². The van der Waals surface area contributed by atoms with Crippen molar-refractivity contribution < 1.29 is 19.1 Å². The van der Waals surface area contributed by atoms with Crippen molar-refractivity contribution in [3.05, 3.63) is 35.7 Å². The summed E-state index contributed by atoms with van der Waals surface area (Å²) in [7, 11) is 0. The minimum atomic E-state index is -0.701. The van der Waals surface area contributed by atoms with Gasteiger partial charge in [0.2, 0.25) is 23.7 Å². The highest BCUT2D eigenvalue weighted by atomic mass is 16.5. The molecular weight excluding hydrogens is 400 g/mol. The zero-order valence-corrected chi connectivity index (χ0v) is 17.2. The standard InChI is InChI=1S/C21H24N6O4/c1-12-6-2-5-9-15(12)23-21-25-16(24-20(22)26-21)11-31-17(28)10-27-18(29)13-7-3-4-8-14(13)19(27)30/h2,5-6,9,13-14H,3-4,7-8,10-11H2,1H3,(H3,22,23,24,25,26)/t13-,14-/m0/s1. The van der Waals surface area contributed by atoms with Crippen LogP contribution in [0.15, 0.2) is 24.3 Å². The molecule has 10 heteroatoms. The maximum atomic E-state index is 12.5. The SMILES string of the molecule is Cc1ccccc1Nc1nc(N)nc(COC(=O)CN2C(=O)[C@H]3CCCC[C@@H]3C2=O)n1. The average molecular weight is 424 g/mol. The van der Waals surface area contributed by atoms with Gasteiger partial charge in [-0.1, -0.05) is 31.0 Å². The smallest absolute Gasteiger partial charge is 0.326 e. The molecule has 1 aliphatic heterocycles. The molecule has 3 N–H and O–H groups in total. The quantitative estimate of drug-likeness (QED) is 0.524. The van der Waals surface area contributed by atoms with Crippen molar-refractivity contribution >= 4 is 35.4 Å². The third-order valence-electron chi connectivity index (χ3n) is 5.67. The summed E-state index contributed by atoms with van der Waals surface area (Å²) in [5.41, 5.74) is 7.56. The van der Waals surface area contributed by atoms with E-state index in [1.165, 1.54) is 0 Å². The number of hydrogen-bond acceptors (Lipinski definition) is 9. The normalized spacial score (nSPS) is 20.5. The van der Waals surface area contributed by atoms with E-state index in [9.17, 15) is 14.4 Å². The predicted octanol–water partition coefficient (Wildman–Crippen LogP) is 1.72. The van der Waals surface area contributed by atoms with Crippen LogP contribution < -0.4 is 11.1 Å². The van der Waals surface area contributed by atoms with Crippen molar-refractivity contribution in [3.63, 3.8) is 0 Å². The number of ether oxygens (including phenoxy) is 1. The zero-order chi connectivity index (χ0) is 22.0. The van der Waals surface area contributed by atoms with Gasteiger partial charge in [0.25, 0.3) is 0 Å². The molecule has 31 heavy (non-hydrogen) atoms.